The summed E-state index contributed by atoms with van der Waals surface area (Å²) in [5.74, 6) is 0.448. The van der Waals surface area contributed by atoms with E-state index in [1.54, 1.807) is 24.5 Å². The number of amides is 1. The van der Waals surface area contributed by atoms with Crippen LogP contribution in [0.3, 0.4) is 0 Å². The van der Waals surface area contributed by atoms with Gasteiger partial charge in [-0.05, 0) is 17.7 Å². The van der Waals surface area contributed by atoms with Crippen LogP contribution in [0.5, 0.6) is 0 Å². The number of nitrogens with zero attached hydrogens (tertiary/aromatic N) is 2. The number of H-pyrrole nitrogens is 1. The lowest BCUT2D eigenvalue weighted by Gasteiger charge is -2.34. The largest absolute Gasteiger partial charge is 0.353 e. The number of rotatable bonds is 3. The Balaban J connectivity index is 1.86. The van der Waals surface area contributed by atoms with Crippen LogP contribution in [0.15, 0.2) is 36.7 Å². The van der Waals surface area contributed by atoms with Gasteiger partial charge in [-0.25, -0.2) is 9.37 Å². The molecule has 0 saturated carbocycles. The highest BCUT2D eigenvalue weighted by Crippen LogP contribution is 2.24. The van der Waals surface area contributed by atoms with E-state index in [9.17, 15) is 9.18 Å². The first-order valence-electron chi connectivity index (χ1n) is 6.49. The molecule has 1 unspecified atom stereocenters. The van der Waals surface area contributed by atoms with Crippen LogP contribution < -0.4 is 5.32 Å². The number of aromatic nitrogens is 2. The number of carbonyl (C=O) groups is 1. The molecular formula is C14H15FN4O. The van der Waals surface area contributed by atoms with E-state index in [0.29, 0.717) is 13.1 Å². The summed E-state index contributed by atoms with van der Waals surface area (Å²) in [6, 6.07) is 5.65. The Hall–Kier alpha value is -2.21. The van der Waals surface area contributed by atoms with E-state index in [2.05, 4.69) is 15.3 Å². The van der Waals surface area contributed by atoms with Gasteiger partial charge >= 0.3 is 0 Å². The highest BCUT2D eigenvalue weighted by atomic mass is 19.1. The van der Waals surface area contributed by atoms with Gasteiger partial charge in [-0.2, -0.15) is 0 Å². The summed E-state index contributed by atoms with van der Waals surface area (Å²) in [6.07, 6.45) is 3.44. The maximum atomic E-state index is 13.0. The number of nitrogens with one attached hydrogen (secondary N) is 2. The van der Waals surface area contributed by atoms with Crippen molar-refractivity contribution in [1.29, 1.82) is 0 Å². The molecular weight excluding hydrogens is 259 g/mol. The van der Waals surface area contributed by atoms with Gasteiger partial charge in [0.1, 0.15) is 17.7 Å². The fourth-order valence-electron chi connectivity index (χ4n) is 2.47. The number of halogens is 1. The van der Waals surface area contributed by atoms with Gasteiger partial charge in [0.25, 0.3) is 0 Å². The molecule has 0 aliphatic carbocycles. The zero-order chi connectivity index (χ0) is 13.9. The van der Waals surface area contributed by atoms with Crippen LogP contribution in [0.1, 0.15) is 17.4 Å². The van der Waals surface area contributed by atoms with Crippen molar-refractivity contribution in [2.75, 3.05) is 13.1 Å². The third-order valence-corrected chi connectivity index (χ3v) is 3.41. The van der Waals surface area contributed by atoms with Crippen LogP contribution in [0.4, 0.5) is 4.39 Å². The van der Waals surface area contributed by atoms with E-state index < -0.39 is 6.04 Å². The quantitative estimate of drug-likeness (QED) is 0.884. The Morgan fingerprint density at radius 3 is 2.85 bits per heavy atom. The Morgan fingerprint density at radius 2 is 2.15 bits per heavy atom. The summed E-state index contributed by atoms with van der Waals surface area (Å²) >= 11 is 0. The summed E-state index contributed by atoms with van der Waals surface area (Å²) in [5.41, 5.74) is 0.787. The Morgan fingerprint density at radius 1 is 1.35 bits per heavy atom. The fraction of sp³-hybridized carbons (Fsp3) is 0.286. The first-order valence-corrected chi connectivity index (χ1v) is 6.49. The summed E-state index contributed by atoms with van der Waals surface area (Å²) in [6.45, 7) is 1.90. The van der Waals surface area contributed by atoms with Crippen molar-refractivity contribution in [3.05, 3.63) is 53.9 Å². The average molecular weight is 274 g/mol. The molecule has 1 saturated heterocycles. The molecule has 20 heavy (non-hydrogen) atoms. The third-order valence-electron chi connectivity index (χ3n) is 3.41. The molecule has 2 aromatic rings. The number of hydrogen-bond acceptors (Lipinski definition) is 3. The minimum Gasteiger partial charge on any atom is -0.353 e. The van der Waals surface area contributed by atoms with Crippen molar-refractivity contribution in [1.82, 2.24) is 20.2 Å². The number of piperazine rings is 1. The van der Waals surface area contributed by atoms with E-state index in [0.717, 1.165) is 17.9 Å². The maximum absolute atomic E-state index is 13.0. The molecule has 1 aliphatic rings. The van der Waals surface area contributed by atoms with Crippen LogP contribution in [0.2, 0.25) is 0 Å². The molecule has 1 aromatic heterocycles. The zero-order valence-electron chi connectivity index (χ0n) is 10.8. The van der Waals surface area contributed by atoms with Crippen molar-refractivity contribution >= 4 is 5.91 Å². The van der Waals surface area contributed by atoms with Gasteiger partial charge in [-0.1, -0.05) is 12.1 Å². The van der Waals surface area contributed by atoms with Crippen LogP contribution in [-0.4, -0.2) is 33.9 Å². The van der Waals surface area contributed by atoms with Crippen molar-refractivity contribution in [2.24, 2.45) is 0 Å². The number of imidazole rings is 1. The Bertz CT molecular complexity index is 582. The van der Waals surface area contributed by atoms with Gasteiger partial charge in [0.15, 0.2) is 0 Å². The predicted molar refractivity (Wildman–Crippen MR) is 71.1 cm³/mol. The maximum Gasteiger partial charge on any atom is 0.242 e. The molecule has 0 radical (unpaired) electrons. The molecule has 2 N–H and O–H groups in total. The first-order chi connectivity index (χ1) is 9.74. The van der Waals surface area contributed by atoms with Crippen LogP contribution in [0.25, 0.3) is 0 Å². The third kappa shape index (κ3) is 2.55. The van der Waals surface area contributed by atoms with Gasteiger partial charge in [-0.15, -0.1) is 0 Å². The van der Waals surface area contributed by atoms with Gasteiger partial charge in [-0.3, -0.25) is 9.69 Å². The van der Waals surface area contributed by atoms with Gasteiger partial charge in [0.05, 0.1) is 6.54 Å². The number of benzene rings is 1. The summed E-state index contributed by atoms with van der Waals surface area (Å²) in [7, 11) is 0. The molecule has 1 aliphatic heterocycles. The van der Waals surface area contributed by atoms with Crippen LogP contribution in [-0.2, 0) is 11.3 Å². The highest BCUT2D eigenvalue weighted by molar-refractivity contribution is 5.83. The lowest BCUT2D eigenvalue weighted by molar-refractivity contribution is -0.129. The Labute approximate surface area is 115 Å². The smallest absolute Gasteiger partial charge is 0.242 e. The molecule has 1 atom stereocenters. The number of carbonyl (C=O) groups excluding carboxylic acids is 1. The monoisotopic (exact) mass is 274 g/mol. The standard InChI is InChI=1S/C14H15FN4O/c15-11-3-1-10(2-4-11)13-14(20)18-7-8-19(13)9-12-16-5-6-17-12/h1-6,13H,7-9H2,(H,16,17)(H,18,20). The Kier molecular flexibility index (Phi) is 3.47. The van der Waals surface area contributed by atoms with E-state index in [4.69, 9.17) is 0 Å². The topological polar surface area (TPSA) is 61.0 Å². The molecule has 1 aromatic carbocycles. The van der Waals surface area contributed by atoms with E-state index in [1.807, 2.05) is 4.90 Å². The second-order valence-electron chi connectivity index (χ2n) is 4.75. The van der Waals surface area contributed by atoms with Crippen molar-refractivity contribution in [3.8, 4) is 0 Å². The molecule has 104 valence electrons. The SMILES string of the molecule is O=C1NCCN(Cc2ncc[nH]2)C1c1ccc(F)cc1. The molecule has 3 rings (SSSR count). The molecule has 2 heterocycles. The molecule has 5 nitrogen and oxygen atoms in total. The molecule has 0 spiro atoms. The van der Waals surface area contributed by atoms with Crippen molar-refractivity contribution < 1.29 is 9.18 Å². The molecule has 6 heteroatoms. The van der Waals surface area contributed by atoms with E-state index in [-0.39, 0.29) is 11.7 Å². The van der Waals surface area contributed by atoms with E-state index in [1.165, 1.54) is 12.1 Å². The average Bonchev–Trinajstić information content (AvgIpc) is 2.94. The van der Waals surface area contributed by atoms with Crippen molar-refractivity contribution in [2.45, 2.75) is 12.6 Å². The minimum absolute atomic E-state index is 0.0607. The zero-order valence-corrected chi connectivity index (χ0v) is 10.8. The van der Waals surface area contributed by atoms with Gasteiger partial charge < -0.3 is 10.3 Å². The molecule has 1 fully saturated rings. The summed E-state index contributed by atoms with van der Waals surface area (Å²) < 4.78 is 13.0. The predicted octanol–water partition coefficient (Wildman–Crippen LogP) is 1.22. The van der Waals surface area contributed by atoms with Crippen LogP contribution >= 0.6 is 0 Å². The number of hydrogen-bond donors (Lipinski definition) is 2. The summed E-state index contributed by atoms with van der Waals surface area (Å²) in [4.78, 5) is 21.4. The molecule has 1 amide bonds. The van der Waals surface area contributed by atoms with E-state index >= 15 is 0 Å². The fourth-order valence-corrected chi connectivity index (χ4v) is 2.47. The number of aromatic amines is 1. The normalized spacial score (nSPS) is 19.9. The molecule has 0 bridgehead atoms. The lowest BCUT2D eigenvalue weighted by atomic mass is 10.0. The van der Waals surface area contributed by atoms with Gasteiger partial charge in [0.2, 0.25) is 5.91 Å². The van der Waals surface area contributed by atoms with Crippen LogP contribution in [0, 0.1) is 5.82 Å². The second-order valence-corrected chi connectivity index (χ2v) is 4.75. The van der Waals surface area contributed by atoms with Crippen molar-refractivity contribution in [3.63, 3.8) is 0 Å². The second kappa shape index (κ2) is 5.42. The highest BCUT2D eigenvalue weighted by Gasteiger charge is 2.31. The summed E-state index contributed by atoms with van der Waals surface area (Å²) in [5, 5.41) is 2.85. The first kappa shape index (κ1) is 12.8. The van der Waals surface area contributed by atoms with Gasteiger partial charge in [0, 0.05) is 25.5 Å². The lowest BCUT2D eigenvalue weighted by Crippen LogP contribution is -2.49. The minimum atomic E-state index is -0.408.